The van der Waals surface area contributed by atoms with Gasteiger partial charge in [-0.15, -0.1) is 0 Å². The summed E-state index contributed by atoms with van der Waals surface area (Å²) in [5, 5.41) is 10.7. The fourth-order valence-corrected chi connectivity index (χ4v) is 2.49. The third-order valence-corrected chi connectivity index (χ3v) is 3.78. The van der Waals surface area contributed by atoms with Crippen LogP contribution < -0.4 is 10.6 Å². The molecule has 0 amide bonds. The summed E-state index contributed by atoms with van der Waals surface area (Å²) in [6, 6.07) is 12.4. The van der Waals surface area contributed by atoms with E-state index in [1.54, 1.807) is 16.9 Å². The number of benzene rings is 2. The maximum absolute atomic E-state index is 13.6. The molecule has 2 N–H and O–H groups in total. The van der Waals surface area contributed by atoms with Crippen molar-refractivity contribution in [3.63, 3.8) is 0 Å². The average Bonchev–Trinajstić information content (AvgIpc) is 2.99. The fraction of sp³-hybridized carbons (Fsp3) is 0.0588. The monoisotopic (exact) mass is 378 g/mol. The Hall–Kier alpha value is -2.51. The van der Waals surface area contributed by atoms with Gasteiger partial charge in [0.25, 0.3) is 0 Å². The summed E-state index contributed by atoms with van der Waals surface area (Å²) in [6.45, 7) is 0.575. The van der Waals surface area contributed by atoms with Crippen molar-refractivity contribution in [2.24, 2.45) is 0 Å². The second kappa shape index (κ2) is 7.58. The molecule has 0 aliphatic heterocycles. The van der Waals surface area contributed by atoms with Crippen molar-refractivity contribution in [2.45, 2.75) is 6.54 Å². The predicted molar refractivity (Wildman–Crippen MR) is 99.0 cm³/mol. The van der Waals surface area contributed by atoms with Gasteiger partial charge in [0.15, 0.2) is 10.9 Å². The minimum Gasteiger partial charge on any atom is -0.330 e. The number of nitrogens with one attached hydrogen (secondary N) is 2. The third kappa shape index (κ3) is 4.74. The molecule has 8 heteroatoms. The third-order valence-electron chi connectivity index (χ3n) is 3.32. The van der Waals surface area contributed by atoms with E-state index in [2.05, 4.69) is 15.7 Å². The van der Waals surface area contributed by atoms with Crippen LogP contribution in [0.1, 0.15) is 5.56 Å². The second-order valence-electron chi connectivity index (χ2n) is 5.23. The summed E-state index contributed by atoms with van der Waals surface area (Å²) >= 11 is 11.0. The zero-order valence-electron chi connectivity index (χ0n) is 12.8. The topological polar surface area (TPSA) is 41.9 Å². The number of halogens is 3. The van der Waals surface area contributed by atoms with Crippen LogP contribution >= 0.6 is 23.8 Å². The van der Waals surface area contributed by atoms with Crippen LogP contribution in [0.3, 0.4) is 0 Å². The Balaban J connectivity index is 1.60. The minimum atomic E-state index is -0.725. The van der Waals surface area contributed by atoms with Crippen LogP contribution in [0.15, 0.2) is 54.7 Å². The molecule has 0 aliphatic rings. The molecule has 25 heavy (non-hydrogen) atoms. The van der Waals surface area contributed by atoms with Crippen LogP contribution in [-0.4, -0.2) is 14.9 Å². The van der Waals surface area contributed by atoms with Gasteiger partial charge in [0.2, 0.25) is 0 Å². The van der Waals surface area contributed by atoms with Gasteiger partial charge in [-0.25, -0.2) is 8.78 Å². The van der Waals surface area contributed by atoms with Gasteiger partial charge in [0.05, 0.1) is 12.2 Å². The summed E-state index contributed by atoms with van der Waals surface area (Å²) in [5.74, 6) is -0.866. The van der Waals surface area contributed by atoms with Crippen molar-refractivity contribution in [3.05, 3.63) is 76.9 Å². The molecule has 128 valence electrons. The van der Waals surface area contributed by atoms with Crippen LogP contribution in [0.4, 0.5) is 20.3 Å². The smallest absolute Gasteiger partial charge is 0.176 e. The molecule has 0 atom stereocenters. The van der Waals surface area contributed by atoms with E-state index in [4.69, 9.17) is 23.8 Å². The highest BCUT2D eigenvalue weighted by molar-refractivity contribution is 7.80. The maximum atomic E-state index is 13.6. The molecule has 0 radical (unpaired) electrons. The van der Waals surface area contributed by atoms with Crippen LogP contribution in [0, 0.1) is 11.6 Å². The zero-order chi connectivity index (χ0) is 17.8. The van der Waals surface area contributed by atoms with E-state index in [1.165, 1.54) is 6.07 Å². The molecule has 0 bridgehead atoms. The molecule has 3 rings (SSSR count). The minimum absolute atomic E-state index is 0.0829. The van der Waals surface area contributed by atoms with Gasteiger partial charge < -0.3 is 10.6 Å². The van der Waals surface area contributed by atoms with Gasteiger partial charge in [-0.3, -0.25) is 4.68 Å². The Bertz CT molecular complexity index is 896. The molecule has 0 aliphatic carbocycles. The van der Waals surface area contributed by atoms with Crippen LogP contribution in [0.2, 0.25) is 5.02 Å². The standard InChI is InChI=1S/C17H13ClF2N4S/c18-12-3-1-11(2-4-12)10-24-8-7-16(23-24)22-17(25)21-15-6-5-13(19)9-14(15)20/h1-9H,10H2,(H2,21,22,23,25). The van der Waals surface area contributed by atoms with Gasteiger partial charge in [-0.2, -0.15) is 5.10 Å². The zero-order valence-corrected chi connectivity index (χ0v) is 14.4. The van der Waals surface area contributed by atoms with E-state index >= 15 is 0 Å². The largest absolute Gasteiger partial charge is 0.330 e. The lowest BCUT2D eigenvalue weighted by molar-refractivity contribution is 0.586. The van der Waals surface area contributed by atoms with Crippen molar-refractivity contribution in [2.75, 3.05) is 10.6 Å². The van der Waals surface area contributed by atoms with Crippen LogP contribution in [-0.2, 0) is 6.54 Å². The summed E-state index contributed by atoms with van der Waals surface area (Å²) in [5.41, 5.74) is 1.13. The van der Waals surface area contributed by atoms with Gasteiger partial charge in [-0.05, 0) is 42.0 Å². The molecule has 3 aromatic rings. The number of anilines is 2. The lowest BCUT2D eigenvalue weighted by atomic mass is 10.2. The van der Waals surface area contributed by atoms with Gasteiger partial charge >= 0.3 is 0 Å². The lowest BCUT2D eigenvalue weighted by Gasteiger charge is -2.09. The first kappa shape index (κ1) is 17.3. The molecular formula is C17H13ClF2N4S. The van der Waals surface area contributed by atoms with Crippen molar-refractivity contribution in [1.29, 1.82) is 0 Å². The highest BCUT2D eigenvalue weighted by atomic mass is 35.5. The number of rotatable bonds is 4. The number of thiocarbonyl (C=S) groups is 1. The Morgan fingerprint density at radius 2 is 1.84 bits per heavy atom. The number of aromatic nitrogens is 2. The molecule has 4 nitrogen and oxygen atoms in total. The normalized spacial score (nSPS) is 10.5. The van der Waals surface area contributed by atoms with Crippen LogP contribution in [0.5, 0.6) is 0 Å². The van der Waals surface area contributed by atoms with E-state index in [0.717, 1.165) is 17.7 Å². The van der Waals surface area contributed by atoms with Crippen molar-refractivity contribution in [3.8, 4) is 0 Å². The molecule has 0 unspecified atom stereocenters. The molecule has 0 fully saturated rings. The second-order valence-corrected chi connectivity index (χ2v) is 6.07. The van der Waals surface area contributed by atoms with Crippen molar-refractivity contribution in [1.82, 2.24) is 9.78 Å². The lowest BCUT2D eigenvalue weighted by Crippen LogP contribution is -2.20. The number of hydrogen-bond acceptors (Lipinski definition) is 2. The molecule has 0 saturated carbocycles. The first-order valence-corrected chi connectivity index (χ1v) is 8.09. The Morgan fingerprint density at radius 3 is 2.56 bits per heavy atom. The molecule has 1 aromatic heterocycles. The molecule has 0 saturated heterocycles. The Labute approximate surface area is 153 Å². The summed E-state index contributed by atoms with van der Waals surface area (Å²) in [4.78, 5) is 0. The maximum Gasteiger partial charge on any atom is 0.176 e. The Morgan fingerprint density at radius 1 is 1.08 bits per heavy atom. The molecular weight excluding hydrogens is 366 g/mol. The van der Waals surface area contributed by atoms with E-state index < -0.39 is 11.6 Å². The predicted octanol–water partition coefficient (Wildman–Crippen LogP) is 4.67. The fourth-order valence-electron chi connectivity index (χ4n) is 2.15. The van der Waals surface area contributed by atoms with Gasteiger partial charge in [0, 0.05) is 23.4 Å². The SMILES string of the molecule is Fc1ccc(NC(=S)Nc2ccn(Cc3ccc(Cl)cc3)n2)c(F)c1. The van der Waals surface area contributed by atoms with Gasteiger partial charge in [-0.1, -0.05) is 23.7 Å². The summed E-state index contributed by atoms with van der Waals surface area (Å²) < 4.78 is 28.2. The quantitative estimate of drug-likeness (QED) is 0.647. The van der Waals surface area contributed by atoms with Gasteiger partial charge in [0.1, 0.15) is 11.6 Å². The highest BCUT2D eigenvalue weighted by Gasteiger charge is 2.07. The van der Waals surface area contributed by atoms with Crippen molar-refractivity contribution >= 4 is 40.4 Å². The molecule has 0 spiro atoms. The van der Waals surface area contributed by atoms with E-state index in [1.807, 2.05) is 24.3 Å². The summed E-state index contributed by atoms with van der Waals surface area (Å²) in [7, 11) is 0. The van der Waals surface area contributed by atoms with E-state index in [9.17, 15) is 8.78 Å². The number of nitrogens with zero attached hydrogens (tertiary/aromatic N) is 2. The molecule has 2 aromatic carbocycles. The first-order chi connectivity index (χ1) is 12.0. The average molecular weight is 379 g/mol. The van der Waals surface area contributed by atoms with E-state index in [-0.39, 0.29) is 10.8 Å². The van der Waals surface area contributed by atoms with E-state index in [0.29, 0.717) is 17.4 Å². The Kier molecular flexibility index (Phi) is 5.25. The highest BCUT2D eigenvalue weighted by Crippen LogP contribution is 2.16. The van der Waals surface area contributed by atoms with Crippen LogP contribution in [0.25, 0.3) is 0 Å². The first-order valence-electron chi connectivity index (χ1n) is 7.30. The molecule has 1 heterocycles. The number of hydrogen-bond donors (Lipinski definition) is 2. The van der Waals surface area contributed by atoms with Crippen molar-refractivity contribution < 1.29 is 8.78 Å². The summed E-state index contributed by atoms with van der Waals surface area (Å²) in [6.07, 6.45) is 1.79.